The van der Waals surface area contributed by atoms with Gasteiger partial charge in [0.2, 0.25) is 0 Å². The van der Waals surface area contributed by atoms with Gasteiger partial charge in [0, 0.05) is 0 Å². The number of rotatable bonds is 8. The van der Waals surface area contributed by atoms with Crippen molar-refractivity contribution in [3.05, 3.63) is 23.2 Å². The molecule has 0 radical (unpaired) electrons. The summed E-state index contributed by atoms with van der Waals surface area (Å²) >= 11 is 0. The van der Waals surface area contributed by atoms with Gasteiger partial charge < -0.3 is 9.73 Å². The molecule has 1 heterocycles. The van der Waals surface area contributed by atoms with E-state index in [1.54, 1.807) is 11.9 Å². The van der Waals surface area contributed by atoms with Crippen molar-refractivity contribution in [2.24, 2.45) is 5.92 Å². The molecule has 0 atom stereocenters. The largest absolute Gasteiger partial charge is 0.463 e. The van der Waals surface area contributed by atoms with Crippen LogP contribution in [0.1, 0.15) is 30.9 Å². The second-order valence-corrected chi connectivity index (χ2v) is 5.43. The fourth-order valence-corrected chi connectivity index (χ4v) is 1.88. The molecule has 0 fully saturated rings. The first-order chi connectivity index (χ1) is 8.88. The lowest BCUT2D eigenvalue weighted by atomic mass is 10.2. The standard InChI is InChI=1S/C14H24F2N2O/c1-10(2)6-17-7-13-11(3)5-12(19-13)8-18(4)9-14(15)16/h5,10,14,17H,6-9H2,1-4H3. The van der Waals surface area contributed by atoms with Crippen molar-refractivity contribution in [2.45, 2.75) is 40.3 Å². The van der Waals surface area contributed by atoms with Crippen LogP contribution in [-0.4, -0.2) is 31.5 Å². The van der Waals surface area contributed by atoms with Crippen LogP contribution in [0.15, 0.2) is 10.5 Å². The Morgan fingerprint density at radius 3 is 2.63 bits per heavy atom. The number of nitrogens with one attached hydrogen (secondary N) is 1. The van der Waals surface area contributed by atoms with Crippen molar-refractivity contribution in [2.75, 3.05) is 20.1 Å². The molecule has 1 aromatic rings. The van der Waals surface area contributed by atoms with E-state index >= 15 is 0 Å². The highest BCUT2D eigenvalue weighted by atomic mass is 19.3. The predicted octanol–water partition coefficient (Wildman–Crippen LogP) is 3.03. The summed E-state index contributed by atoms with van der Waals surface area (Å²) in [5.74, 6) is 2.22. The van der Waals surface area contributed by atoms with Crippen molar-refractivity contribution < 1.29 is 13.2 Å². The second kappa shape index (κ2) is 7.60. The maximum absolute atomic E-state index is 12.2. The third-order valence-electron chi connectivity index (χ3n) is 2.79. The van der Waals surface area contributed by atoms with Crippen LogP contribution < -0.4 is 5.32 Å². The molecule has 1 N–H and O–H groups in total. The van der Waals surface area contributed by atoms with Crippen molar-refractivity contribution in [3.8, 4) is 0 Å². The highest BCUT2D eigenvalue weighted by molar-refractivity contribution is 5.20. The molecular formula is C14H24F2N2O. The Hall–Kier alpha value is -0.940. The lowest BCUT2D eigenvalue weighted by Crippen LogP contribution is -2.23. The van der Waals surface area contributed by atoms with E-state index in [0.717, 1.165) is 23.6 Å². The number of alkyl halides is 2. The van der Waals surface area contributed by atoms with E-state index in [4.69, 9.17) is 4.42 Å². The lowest BCUT2D eigenvalue weighted by molar-refractivity contribution is 0.0944. The monoisotopic (exact) mass is 274 g/mol. The van der Waals surface area contributed by atoms with Crippen LogP contribution in [0, 0.1) is 12.8 Å². The molecule has 0 saturated carbocycles. The number of nitrogens with zero attached hydrogens (tertiary/aromatic N) is 1. The molecule has 1 aromatic heterocycles. The Morgan fingerprint density at radius 1 is 1.37 bits per heavy atom. The molecule has 0 unspecified atom stereocenters. The topological polar surface area (TPSA) is 28.4 Å². The molecule has 110 valence electrons. The minimum absolute atomic E-state index is 0.235. The Kier molecular flexibility index (Phi) is 6.45. The van der Waals surface area contributed by atoms with Crippen molar-refractivity contribution in [1.29, 1.82) is 0 Å². The average Bonchev–Trinajstić information content (AvgIpc) is 2.57. The molecule has 0 aromatic carbocycles. The van der Waals surface area contributed by atoms with Crippen LogP contribution in [0.3, 0.4) is 0 Å². The molecule has 0 amide bonds. The molecule has 0 bridgehead atoms. The molecular weight excluding hydrogens is 250 g/mol. The van der Waals surface area contributed by atoms with E-state index in [2.05, 4.69) is 19.2 Å². The van der Waals surface area contributed by atoms with Crippen molar-refractivity contribution >= 4 is 0 Å². The van der Waals surface area contributed by atoms with Crippen LogP contribution in [-0.2, 0) is 13.1 Å². The summed E-state index contributed by atoms with van der Waals surface area (Å²) in [4.78, 5) is 1.56. The van der Waals surface area contributed by atoms with Gasteiger partial charge in [-0.2, -0.15) is 0 Å². The first-order valence-corrected chi connectivity index (χ1v) is 6.64. The van der Waals surface area contributed by atoms with Crippen LogP contribution in [0.2, 0.25) is 0 Å². The molecule has 0 aliphatic rings. The van der Waals surface area contributed by atoms with Gasteiger partial charge in [0.05, 0.1) is 19.6 Å². The van der Waals surface area contributed by atoms with E-state index in [-0.39, 0.29) is 6.54 Å². The number of halogens is 2. The summed E-state index contributed by atoms with van der Waals surface area (Å²) in [5.41, 5.74) is 1.07. The van der Waals surface area contributed by atoms with E-state index < -0.39 is 6.43 Å². The van der Waals surface area contributed by atoms with Gasteiger partial charge in [-0.3, -0.25) is 4.90 Å². The Bertz CT molecular complexity index is 378. The van der Waals surface area contributed by atoms with Gasteiger partial charge in [-0.15, -0.1) is 0 Å². The summed E-state index contributed by atoms with van der Waals surface area (Å²) in [5, 5.41) is 3.31. The third-order valence-corrected chi connectivity index (χ3v) is 2.79. The Morgan fingerprint density at radius 2 is 2.05 bits per heavy atom. The van der Waals surface area contributed by atoms with Gasteiger partial charge in [0.1, 0.15) is 11.5 Å². The van der Waals surface area contributed by atoms with Gasteiger partial charge >= 0.3 is 0 Å². The fraction of sp³-hybridized carbons (Fsp3) is 0.714. The van der Waals surface area contributed by atoms with Crippen molar-refractivity contribution in [1.82, 2.24) is 10.2 Å². The minimum Gasteiger partial charge on any atom is -0.463 e. The van der Waals surface area contributed by atoms with E-state index in [1.165, 1.54) is 0 Å². The molecule has 3 nitrogen and oxygen atoms in total. The molecule has 5 heteroatoms. The maximum atomic E-state index is 12.2. The first kappa shape index (κ1) is 16.1. The van der Waals surface area contributed by atoms with E-state index in [9.17, 15) is 8.78 Å². The second-order valence-electron chi connectivity index (χ2n) is 5.43. The SMILES string of the molecule is Cc1cc(CN(C)CC(F)F)oc1CNCC(C)C. The number of hydrogen-bond donors (Lipinski definition) is 1. The zero-order valence-corrected chi connectivity index (χ0v) is 12.2. The van der Waals surface area contributed by atoms with Crippen molar-refractivity contribution in [3.63, 3.8) is 0 Å². The summed E-state index contributed by atoms with van der Waals surface area (Å²) in [6.45, 7) is 8.06. The molecule has 0 aliphatic carbocycles. The Labute approximate surface area is 114 Å². The summed E-state index contributed by atoms with van der Waals surface area (Å²) in [6, 6.07) is 1.92. The summed E-state index contributed by atoms with van der Waals surface area (Å²) in [6.07, 6.45) is -2.31. The molecule has 0 saturated heterocycles. The highest BCUT2D eigenvalue weighted by Crippen LogP contribution is 2.16. The fourth-order valence-electron chi connectivity index (χ4n) is 1.88. The third kappa shape index (κ3) is 6.16. The predicted molar refractivity (Wildman–Crippen MR) is 72.3 cm³/mol. The maximum Gasteiger partial charge on any atom is 0.251 e. The molecule has 0 aliphatic heterocycles. The highest BCUT2D eigenvalue weighted by Gasteiger charge is 2.12. The van der Waals surface area contributed by atoms with Crippen LogP contribution in [0.4, 0.5) is 8.78 Å². The van der Waals surface area contributed by atoms with Gasteiger partial charge in [-0.25, -0.2) is 8.78 Å². The number of aryl methyl sites for hydroxylation is 1. The van der Waals surface area contributed by atoms with Gasteiger partial charge in [0.15, 0.2) is 0 Å². The quantitative estimate of drug-likeness (QED) is 0.790. The zero-order chi connectivity index (χ0) is 14.4. The number of furan rings is 1. The van der Waals surface area contributed by atoms with E-state index in [1.807, 2.05) is 13.0 Å². The van der Waals surface area contributed by atoms with Crippen LogP contribution >= 0.6 is 0 Å². The Balaban J connectivity index is 2.48. The average molecular weight is 274 g/mol. The molecule has 1 rings (SSSR count). The van der Waals surface area contributed by atoms with E-state index in [0.29, 0.717) is 19.0 Å². The molecule has 19 heavy (non-hydrogen) atoms. The first-order valence-electron chi connectivity index (χ1n) is 6.64. The lowest BCUT2D eigenvalue weighted by Gasteiger charge is -2.13. The number of hydrogen-bond acceptors (Lipinski definition) is 3. The van der Waals surface area contributed by atoms with Gasteiger partial charge in [0.25, 0.3) is 6.43 Å². The van der Waals surface area contributed by atoms with Gasteiger partial charge in [-0.1, -0.05) is 13.8 Å². The zero-order valence-electron chi connectivity index (χ0n) is 12.2. The minimum atomic E-state index is -2.31. The van der Waals surface area contributed by atoms with Gasteiger partial charge in [-0.05, 0) is 38.1 Å². The van der Waals surface area contributed by atoms with Crippen LogP contribution in [0.25, 0.3) is 0 Å². The smallest absolute Gasteiger partial charge is 0.251 e. The van der Waals surface area contributed by atoms with Crippen LogP contribution in [0.5, 0.6) is 0 Å². The molecule has 0 spiro atoms. The summed E-state index contributed by atoms with van der Waals surface area (Å²) in [7, 11) is 1.67. The summed E-state index contributed by atoms with van der Waals surface area (Å²) < 4.78 is 30.2. The normalized spacial score (nSPS) is 12.1.